The number of likely N-dealkylation sites (tertiary alicyclic amines) is 1. The van der Waals surface area contributed by atoms with Crippen LogP contribution in [0, 0.1) is 6.92 Å². The highest BCUT2D eigenvalue weighted by Gasteiger charge is 2.23. The van der Waals surface area contributed by atoms with Crippen molar-refractivity contribution in [3.05, 3.63) is 38.5 Å². The highest BCUT2D eigenvalue weighted by Crippen LogP contribution is 2.34. The molecular formula is C21H25N3O3S. The third kappa shape index (κ3) is 3.29. The van der Waals surface area contributed by atoms with Gasteiger partial charge in [-0.3, -0.25) is 4.79 Å². The van der Waals surface area contributed by atoms with E-state index in [9.17, 15) is 9.90 Å². The third-order valence-corrected chi connectivity index (χ3v) is 6.51. The van der Waals surface area contributed by atoms with E-state index in [1.54, 1.807) is 6.07 Å². The van der Waals surface area contributed by atoms with E-state index >= 15 is 0 Å². The lowest BCUT2D eigenvalue weighted by Crippen LogP contribution is -3.11. The van der Waals surface area contributed by atoms with Crippen LogP contribution < -0.4 is 21.2 Å². The van der Waals surface area contributed by atoms with Crippen LogP contribution in [-0.4, -0.2) is 18.1 Å². The van der Waals surface area contributed by atoms with Crippen molar-refractivity contribution in [1.29, 1.82) is 0 Å². The van der Waals surface area contributed by atoms with Gasteiger partial charge in [0.2, 0.25) is 11.3 Å². The summed E-state index contributed by atoms with van der Waals surface area (Å²) in [6, 6.07) is 1.68. The van der Waals surface area contributed by atoms with Crippen molar-refractivity contribution < 1.29 is 14.4 Å². The van der Waals surface area contributed by atoms with Gasteiger partial charge in [-0.1, -0.05) is 18.2 Å². The van der Waals surface area contributed by atoms with Crippen molar-refractivity contribution >= 4 is 28.2 Å². The van der Waals surface area contributed by atoms with Crippen LogP contribution >= 0.6 is 11.3 Å². The fourth-order valence-electron chi connectivity index (χ4n) is 4.03. The number of fused-ring (bicyclic) bond motifs is 1. The molecule has 6 nitrogen and oxygen atoms in total. The van der Waals surface area contributed by atoms with Crippen LogP contribution in [0.25, 0.3) is 21.5 Å². The van der Waals surface area contributed by atoms with Gasteiger partial charge in [-0.2, -0.15) is 0 Å². The summed E-state index contributed by atoms with van der Waals surface area (Å²) in [5, 5.41) is 15.9. The molecule has 0 unspecified atom stereocenters. The number of nitrogens with one attached hydrogen (secondary N) is 1. The monoisotopic (exact) mass is 399 g/mol. The van der Waals surface area contributed by atoms with Crippen LogP contribution in [0.1, 0.15) is 43.0 Å². The number of hydrogen-bond donors (Lipinski definition) is 2. The smallest absolute Gasteiger partial charge is 0.205 e. The Kier molecular flexibility index (Phi) is 5.12. The second-order valence-electron chi connectivity index (χ2n) is 7.53. The fraction of sp³-hybridized carbons (Fsp3) is 0.429. The Morgan fingerprint density at radius 3 is 2.71 bits per heavy atom. The number of aromatic nitrogens is 1. The maximum atomic E-state index is 13.3. The second kappa shape index (κ2) is 7.56. The first kappa shape index (κ1) is 19.0. The molecule has 1 aliphatic heterocycles. The molecule has 3 heterocycles. The van der Waals surface area contributed by atoms with Crippen LogP contribution in [0.2, 0.25) is 0 Å². The van der Waals surface area contributed by atoms with E-state index in [0.717, 1.165) is 31.6 Å². The van der Waals surface area contributed by atoms with Gasteiger partial charge in [-0.05, 0) is 38.7 Å². The summed E-state index contributed by atoms with van der Waals surface area (Å²) in [6.45, 7) is 6.45. The molecule has 0 saturated carbocycles. The lowest BCUT2D eigenvalue weighted by atomic mass is 10.00. The van der Waals surface area contributed by atoms with Gasteiger partial charge in [-0.25, -0.2) is 4.98 Å². The number of nitrogen functional groups attached to an aromatic ring is 1. The number of nitrogens with two attached hydrogens (primary N) is 1. The Morgan fingerprint density at radius 2 is 2.07 bits per heavy atom. The topological polar surface area (TPSA) is 96.6 Å². The summed E-state index contributed by atoms with van der Waals surface area (Å²) in [7, 11) is 0. The molecule has 3 N–H and O–H groups in total. The third-order valence-electron chi connectivity index (χ3n) is 5.53. The van der Waals surface area contributed by atoms with Gasteiger partial charge in [-0.15, -0.1) is 11.3 Å². The molecule has 148 valence electrons. The Morgan fingerprint density at radius 1 is 1.32 bits per heavy atom. The lowest BCUT2D eigenvalue weighted by molar-refractivity contribution is -0.918. The Hall–Kier alpha value is -2.38. The summed E-state index contributed by atoms with van der Waals surface area (Å²) in [5.74, 6) is 0.0128. The molecular weight excluding hydrogens is 374 g/mol. The lowest BCUT2D eigenvalue weighted by Gasteiger charge is -2.27. The highest BCUT2D eigenvalue weighted by atomic mass is 32.1. The molecule has 4 rings (SSSR count). The number of rotatable bonds is 4. The minimum absolute atomic E-state index is 0.0199. The molecule has 3 aromatic rings. The zero-order chi connectivity index (χ0) is 19.8. The van der Waals surface area contributed by atoms with E-state index in [1.807, 2.05) is 19.2 Å². The summed E-state index contributed by atoms with van der Waals surface area (Å²) >= 11 is 1.37. The largest absolute Gasteiger partial charge is 0.872 e. The van der Waals surface area contributed by atoms with Gasteiger partial charge in [0.05, 0.1) is 18.5 Å². The summed E-state index contributed by atoms with van der Waals surface area (Å²) < 4.78 is 5.92. The maximum absolute atomic E-state index is 13.3. The molecule has 1 aliphatic rings. The normalized spacial score (nSPS) is 15.4. The van der Waals surface area contributed by atoms with Crippen LogP contribution in [0.15, 0.2) is 20.7 Å². The quantitative estimate of drug-likeness (QED) is 0.700. The zero-order valence-corrected chi connectivity index (χ0v) is 17.1. The van der Waals surface area contributed by atoms with E-state index < -0.39 is 0 Å². The Labute approximate surface area is 167 Å². The summed E-state index contributed by atoms with van der Waals surface area (Å²) in [4.78, 5) is 19.1. The number of benzene rings is 1. The summed E-state index contributed by atoms with van der Waals surface area (Å²) in [5.41, 5.74) is 8.63. The van der Waals surface area contributed by atoms with E-state index in [4.69, 9.17) is 10.2 Å². The van der Waals surface area contributed by atoms with Gasteiger partial charge < -0.3 is 20.2 Å². The number of quaternary nitrogens is 1. The molecule has 7 heteroatoms. The van der Waals surface area contributed by atoms with Crippen molar-refractivity contribution in [2.24, 2.45) is 0 Å². The molecule has 1 fully saturated rings. The SMILES string of the molecule is CCc1cc2c(=O)c(-c3nc(C)cs3)c(N)oc2c(C[NH+]2CCCCC2)c1[O-]. The Bertz CT molecular complexity index is 1080. The fourth-order valence-corrected chi connectivity index (χ4v) is 4.87. The van der Waals surface area contributed by atoms with Crippen molar-refractivity contribution in [3.8, 4) is 16.3 Å². The van der Waals surface area contributed by atoms with Crippen molar-refractivity contribution in [2.45, 2.75) is 46.1 Å². The van der Waals surface area contributed by atoms with E-state index in [2.05, 4.69) is 4.98 Å². The van der Waals surface area contributed by atoms with Gasteiger partial charge in [0, 0.05) is 16.6 Å². The van der Waals surface area contributed by atoms with Crippen molar-refractivity contribution in [3.63, 3.8) is 0 Å². The number of aryl methyl sites for hydroxylation is 2. The van der Waals surface area contributed by atoms with Crippen LogP contribution in [-0.2, 0) is 13.0 Å². The summed E-state index contributed by atoms with van der Waals surface area (Å²) in [6.07, 6.45) is 4.14. The number of hydrogen-bond acceptors (Lipinski definition) is 6. The number of anilines is 1. The number of nitrogens with zero attached hydrogens (tertiary/aromatic N) is 1. The molecule has 0 atom stereocenters. The van der Waals surface area contributed by atoms with E-state index in [-0.39, 0.29) is 17.1 Å². The predicted octanol–water partition coefficient (Wildman–Crippen LogP) is 2.01. The molecule has 0 radical (unpaired) electrons. The molecule has 0 bridgehead atoms. The standard InChI is InChI=1S/C21H25N3O3S/c1-3-13-9-14-18(26)16(21-23-12(2)11-28-21)20(22)27-19(14)15(17(13)25)10-24-7-5-4-6-8-24/h9,11,25H,3-8,10,22H2,1-2H3. The Balaban J connectivity index is 1.93. The highest BCUT2D eigenvalue weighted by molar-refractivity contribution is 7.13. The van der Waals surface area contributed by atoms with Gasteiger partial charge in [0.1, 0.15) is 22.7 Å². The van der Waals surface area contributed by atoms with Crippen molar-refractivity contribution in [1.82, 2.24) is 4.98 Å². The minimum atomic E-state index is -0.210. The van der Waals surface area contributed by atoms with Crippen LogP contribution in [0.3, 0.4) is 0 Å². The average Bonchev–Trinajstić information content (AvgIpc) is 3.11. The molecule has 1 saturated heterocycles. The average molecular weight is 400 g/mol. The molecule has 0 amide bonds. The molecule has 1 aromatic carbocycles. The van der Waals surface area contributed by atoms with Crippen molar-refractivity contribution in [2.75, 3.05) is 18.8 Å². The maximum Gasteiger partial charge on any atom is 0.205 e. The van der Waals surface area contributed by atoms with Crippen LogP contribution in [0.5, 0.6) is 5.75 Å². The first-order valence-corrected chi connectivity index (χ1v) is 10.7. The number of piperidine rings is 1. The molecule has 2 aromatic heterocycles. The number of thiazole rings is 1. The van der Waals surface area contributed by atoms with E-state index in [1.165, 1.54) is 22.7 Å². The van der Waals surface area contributed by atoms with Gasteiger partial charge >= 0.3 is 0 Å². The molecule has 0 spiro atoms. The molecule has 28 heavy (non-hydrogen) atoms. The first-order valence-electron chi connectivity index (χ1n) is 9.83. The van der Waals surface area contributed by atoms with Gasteiger partial charge in [0.25, 0.3) is 0 Å². The first-order chi connectivity index (χ1) is 13.5. The van der Waals surface area contributed by atoms with E-state index in [0.29, 0.717) is 45.6 Å². The predicted molar refractivity (Wildman–Crippen MR) is 110 cm³/mol. The second-order valence-corrected chi connectivity index (χ2v) is 8.38. The zero-order valence-electron chi connectivity index (χ0n) is 16.3. The molecule has 0 aliphatic carbocycles. The minimum Gasteiger partial charge on any atom is -0.872 e. The van der Waals surface area contributed by atoms with Crippen LogP contribution in [0.4, 0.5) is 5.88 Å². The van der Waals surface area contributed by atoms with Gasteiger partial charge in [0.15, 0.2) is 0 Å².